The van der Waals surface area contributed by atoms with Crippen LogP contribution < -0.4 is 0 Å². The van der Waals surface area contributed by atoms with Crippen LogP contribution in [0.25, 0.3) is 0 Å². The van der Waals surface area contributed by atoms with Crippen molar-refractivity contribution < 1.29 is 47.6 Å². The van der Waals surface area contributed by atoms with E-state index in [1.54, 1.807) is 0 Å². The summed E-state index contributed by atoms with van der Waals surface area (Å²) in [6.45, 7) is 2.17. The topological polar surface area (TPSA) is 115 Å². The largest absolute Gasteiger partial charge is 0.481 e. The zero-order chi connectivity index (χ0) is 18.9. The number of carboxylic acid groups (broad SMARTS) is 2. The molecule has 0 spiro atoms. The summed E-state index contributed by atoms with van der Waals surface area (Å²) < 4.78 is 47.9. The molecule has 1 aromatic rings. The van der Waals surface area contributed by atoms with Gasteiger partial charge < -0.3 is 20.4 Å². The van der Waals surface area contributed by atoms with Crippen molar-refractivity contribution in [1.29, 1.82) is 0 Å². The number of rotatable bonds is 0. The lowest BCUT2D eigenvalue weighted by molar-refractivity contribution is -0.135. The van der Waals surface area contributed by atoms with Crippen molar-refractivity contribution in [2.24, 2.45) is 0 Å². The molecule has 0 heterocycles. The minimum atomic E-state index is -1.39. The van der Waals surface area contributed by atoms with Gasteiger partial charge in [-0.3, -0.25) is 9.59 Å². The van der Waals surface area contributed by atoms with Crippen molar-refractivity contribution in [2.75, 3.05) is 14.2 Å². The van der Waals surface area contributed by atoms with Gasteiger partial charge in [0.1, 0.15) is 0 Å². The maximum atomic E-state index is 12.0. The number of aliphatic carboxylic acids is 2. The van der Waals surface area contributed by atoms with Crippen LogP contribution in [0.3, 0.4) is 0 Å². The molecule has 0 bridgehead atoms. The summed E-state index contributed by atoms with van der Waals surface area (Å²) in [5, 5.41) is 28.8. The molecule has 0 aliphatic heterocycles. The molecule has 0 aromatic heterocycles. The van der Waals surface area contributed by atoms with Crippen molar-refractivity contribution in [1.82, 2.24) is 0 Å². The summed E-state index contributed by atoms with van der Waals surface area (Å²) >= 11 is 0. The minimum Gasteiger partial charge on any atom is -0.481 e. The first-order valence-corrected chi connectivity index (χ1v) is 5.16. The molecule has 0 saturated carbocycles. The number of benzene rings is 1. The Labute approximate surface area is 124 Å². The molecule has 0 fully saturated rings. The average molecular weight is 334 g/mol. The molecule has 130 valence electrons. The van der Waals surface area contributed by atoms with Crippen LogP contribution in [0.1, 0.15) is 13.8 Å². The van der Waals surface area contributed by atoms with Crippen LogP contribution in [0, 0.1) is 23.3 Å². The van der Waals surface area contributed by atoms with Crippen LogP contribution in [0.4, 0.5) is 17.6 Å². The lowest BCUT2D eigenvalue weighted by Crippen LogP contribution is -1.90. The van der Waals surface area contributed by atoms with Gasteiger partial charge in [0.05, 0.1) is 0 Å². The Morgan fingerprint density at radius 1 is 0.682 bits per heavy atom. The second-order valence-electron chi connectivity index (χ2n) is 2.72. The molecule has 0 atom stereocenters. The molecule has 0 aliphatic rings. The first-order valence-electron chi connectivity index (χ1n) is 5.16. The lowest BCUT2D eigenvalue weighted by atomic mass is 10.3. The molecule has 0 unspecified atom stereocenters. The van der Waals surface area contributed by atoms with Gasteiger partial charge in [-0.15, -0.1) is 0 Å². The van der Waals surface area contributed by atoms with E-state index in [9.17, 15) is 17.6 Å². The van der Waals surface area contributed by atoms with Gasteiger partial charge in [-0.2, -0.15) is 0 Å². The highest BCUT2D eigenvalue weighted by Crippen LogP contribution is 2.11. The average Bonchev–Trinajstić information content (AvgIpc) is 2.40. The Balaban J connectivity index is -0.000000114. The third-order valence-corrected chi connectivity index (χ3v) is 0.963. The predicted molar refractivity (Wildman–Crippen MR) is 69.2 cm³/mol. The highest BCUT2D eigenvalue weighted by molar-refractivity contribution is 5.63. The monoisotopic (exact) mass is 334 g/mol. The molecule has 10 heteroatoms. The van der Waals surface area contributed by atoms with Gasteiger partial charge >= 0.3 is 0 Å². The first-order chi connectivity index (χ1) is 10.1. The van der Waals surface area contributed by atoms with Crippen molar-refractivity contribution in [3.05, 3.63) is 35.4 Å². The number of carboxylic acids is 2. The van der Waals surface area contributed by atoms with Gasteiger partial charge in [0.15, 0.2) is 23.3 Å². The molecular formula is C12H18F4O6. The van der Waals surface area contributed by atoms with Crippen LogP contribution in [0.5, 0.6) is 0 Å². The van der Waals surface area contributed by atoms with E-state index in [1.807, 2.05) is 0 Å². The summed E-state index contributed by atoms with van der Waals surface area (Å²) in [6, 6.07) is 0.315. The first kappa shape index (κ1) is 28.0. The van der Waals surface area contributed by atoms with E-state index in [-0.39, 0.29) is 12.1 Å². The molecule has 4 N–H and O–H groups in total. The number of carbonyl (C=O) groups is 2. The van der Waals surface area contributed by atoms with E-state index in [1.165, 1.54) is 0 Å². The summed E-state index contributed by atoms with van der Waals surface area (Å²) in [7, 11) is 2.00. The summed E-state index contributed by atoms with van der Waals surface area (Å²) in [5.41, 5.74) is 0. The number of halogens is 4. The zero-order valence-corrected chi connectivity index (χ0v) is 12.3. The zero-order valence-electron chi connectivity index (χ0n) is 12.3. The van der Waals surface area contributed by atoms with Gasteiger partial charge in [0, 0.05) is 40.2 Å². The van der Waals surface area contributed by atoms with Crippen LogP contribution in [-0.4, -0.2) is 46.6 Å². The summed E-state index contributed by atoms with van der Waals surface area (Å²) in [6.07, 6.45) is 0. The Bertz CT molecular complexity index is 356. The van der Waals surface area contributed by atoms with Gasteiger partial charge in [-0.25, -0.2) is 17.6 Å². The molecule has 0 amide bonds. The maximum Gasteiger partial charge on any atom is 0.300 e. The summed E-state index contributed by atoms with van der Waals surface area (Å²) in [5.74, 6) is -7.23. The van der Waals surface area contributed by atoms with Gasteiger partial charge in [-0.05, 0) is 0 Å². The van der Waals surface area contributed by atoms with Crippen LogP contribution in [-0.2, 0) is 9.59 Å². The second-order valence-corrected chi connectivity index (χ2v) is 2.72. The molecule has 22 heavy (non-hydrogen) atoms. The molecule has 0 saturated heterocycles. The van der Waals surface area contributed by atoms with E-state index in [0.29, 0.717) is 0 Å². The number of hydrogen-bond acceptors (Lipinski definition) is 4. The molecule has 1 rings (SSSR count). The summed E-state index contributed by atoms with van der Waals surface area (Å²) in [4.78, 5) is 18.0. The van der Waals surface area contributed by atoms with Crippen molar-refractivity contribution >= 4 is 11.9 Å². The maximum absolute atomic E-state index is 12.0. The van der Waals surface area contributed by atoms with Crippen molar-refractivity contribution in [2.45, 2.75) is 13.8 Å². The molecule has 0 aliphatic carbocycles. The van der Waals surface area contributed by atoms with Gasteiger partial charge in [0.2, 0.25) is 0 Å². The highest BCUT2D eigenvalue weighted by atomic mass is 19.2. The lowest BCUT2D eigenvalue weighted by Gasteiger charge is -1.92. The van der Waals surface area contributed by atoms with Gasteiger partial charge in [0.25, 0.3) is 11.9 Å². The van der Waals surface area contributed by atoms with Crippen LogP contribution in [0.15, 0.2) is 12.1 Å². The van der Waals surface area contributed by atoms with Crippen LogP contribution in [0.2, 0.25) is 0 Å². The minimum absolute atomic E-state index is 0.157. The van der Waals surface area contributed by atoms with Crippen molar-refractivity contribution in [3.8, 4) is 0 Å². The normalized spacial score (nSPS) is 7.36. The Kier molecular flexibility index (Phi) is 24.0. The van der Waals surface area contributed by atoms with Gasteiger partial charge in [-0.1, -0.05) is 0 Å². The SMILES string of the molecule is CC(=O)O.CC(=O)O.CO.CO.Fc1cc(F)c(F)cc1F. The third kappa shape index (κ3) is 26.4. The van der Waals surface area contributed by atoms with E-state index in [4.69, 9.17) is 30.0 Å². The quantitative estimate of drug-likeness (QED) is 0.423. The predicted octanol–water partition coefficient (Wildman–Crippen LogP) is 1.64. The molecule has 6 nitrogen and oxygen atoms in total. The Morgan fingerprint density at radius 2 is 0.773 bits per heavy atom. The molecule has 0 radical (unpaired) electrons. The van der Waals surface area contributed by atoms with E-state index in [2.05, 4.69) is 0 Å². The highest BCUT2D eigenvalue weighted by Gasteiger charge is 2.07. The van der Waals surface area contributed by atoms with Crippen LogP contribution >= 0.6 is 0 Å². The number of hydrogen-bond donors (Lipinski definition) is 4. The number of aliphatic hydroxyl groups excluding tert-OH is 2. The smallest absolute Gasteiger partial charge is 0.300 e. The molecule has 1 aromatic carbocycles. The Morgan fingerprint density at radius 3 is 0.864 bits per heavy atom. The fourth-order valence-electron chi connectivity index (χ4n) is 0.498. The fourth-order valence-corrected chi connectivity index (χ4v) is 0.498. The fraction of sp³-hybridized carbons (Fsp3) is 0.333. The van der Waals surface area contributed by atoms with E-state index >= 15 is 0 Å². The Hall–Kier alpha value is -2.20. The van der Waals surface area contributed by atoms with E-state index in [0.717, 1.165) is 28.1 Å². The van der Waals surface area contributed by atoms with Crippen molar-refractivity contribution in [3.63, 3.8) is 0 Å². The second kappa shape index (κ2) is 18.8. The molecular weight excluding hydrogens is 316 g/mol. The third-order valence-electron chi connectivity index (χ3n) is 0.963. The standard InChI is InChI=1S/C6H2F4.2C2H4O2.2CH4O/c7-3-1-4(8)6(10)2-5(3)9;2*1-2(3)4;2*1-2/h1-2H;2*1H3,(H,3,4);2*2H,1H3. The van der Waals surface area contributed by atoms with E-state index < -0.39 is 35.2 Å². The number of aliphatic hydroxyl groups is 2.